The molecule has 2 heterocycles. The van der Waals surface area contributed by atoms with Gasteiger partial charge in [0.05, 0.1) is 13.2 Å². The van der Waals surface area contributed by atoms with E-state index < -0.39 is 0 Å². The first-order chi connectivity index (χ1) is 7.86. The van der Waals surface area contributed by atoms with Crippen molar-refractivity contribution >= 4 is 6.03 Å². The first-order valence-electron chi connectivity index (χ1n) is 5.88. The van der Waals surface area contributed by atoms with Crippen LogP contribution in [0.25, 0.3) is 0 Å². The molecule has 5 nitrogen and oxygen atoms in total. The monoisotopic (exact) mass is 225 g/mol. The Hall–Kier alpha value is -1.07. The van der Waals surface area contributed by atoms with Crippen molar-refractivity contribution < 1.29 is 9.53 Å². The van der Waals surface area contributed by atoms with Crippen molar-refractivity contribution in [3.8, 4) is 0 Å². The third-order valence-electron chi connectivity index (χ3n) is 2.94. The van der Waals surface area contributed by atoms with E-state index in [0.717, 1.165) is 52.2 Å². The summed E-state index contributed by atoms with van der Waals surface area (Å²) >= 11 is 0. The number of carbonyl (C=O) groups is 1. The average Bonchev–Trinajstić information content (AvgIpc) is 2.38. The number of nitrogens with zero attached hydrogens (tertiary/aromatic N) is 1. The molecule has 0 aromatic heterocycles. The zero-order valence-corrected chi connectivity index (χ0v) is 9.50. The molecule has 0 aromatic rings. The minimum absolute atomic E-state index is 0.0143. The van der Waals surface area contributed by atoms with E-state index >= 15 is 0 Å². The molecule has 2 N–H and O–H groups in total. The Bertz CT molecular complexity index is 264. The molecule has 2 amide bonds. The zero-order chi connectivity index (χ0) is 11.2. The second-order valence-electron chi connectivity index (χ2n) is 4.10. The van der Waals surface area contributed by atoms with Gasteiger partial charge in [0, 0.05) is 32.4 Å². The van der Waals surface area contributed by atoms with Crippen LogP contribution in [0, 0.1) is 0 Å². The van der Waals surface area contributed by atoms with Crippen LogP contribution in [0.2, 0.25) is 0 Å². The summed E-state index contributed by atoms with van der Waals surface area (Å²) in [5.74, 6) is 0. The molecule has 0 bridgehead atoms. The minimum Gasteiger partial charge on any atom is -0.381 e. The number of piperazine rings is 1. The van der Waals surface area contributed by atoms with E-state index in [4.69, 9.17) is 4.74 Å². The zero-order valence-electron chi connectivity index (χ0n) is 9.50. The van der Waals surface area contributed by atoms with Crippen molar-refractivity contribution in [2.24, 2.45) is 0 Å². The molecule has 5 heteroatoms. The van der Waals surface area contributed by atoms with Crippen LogP contribution in [0.3, 0.4) is 0 Å². The fourth-order valence-corrected chi connectivity index (χ4v) is 1.90. The lowest BCUT2D eigenvalue weighted by Gasteiger charge is -2.27. The van der Waals surface area contributed by atoms with Gasteiger partial charge in [0.1, 0.15) is 0 Å². The molecule has 90 valence electrons. The summed E-state index contributed by atoms with van der Waals surface area (Å²) in [4.78, 5) is 13.6. The highest BCUT2D eigenvalue weighted by molar-refractivity contribution is 5.75. The van der Waals surface area contributed by atoms with Crippen molar-refractivity contribution in [2.75, 3.05) is 39.4 Å². The van der Waals surface area contributed by atoms with E-state index in [1.807, 2.05) is 11.1 Å². The molecule has 2 rings (SSSR count). The largest absolute Gasteiger partial charge is 0.381 e. The highest BCUT2D eigenvalue weighted by atomic mass is 16.5. The maximum absolute atomic E-state index is 11.8. The summed E-state index contributed by atoms with van der Waals surface area (Å²) in [6.45, 7) is 4.90. The van der Waals surface area contributed by atoms with E-state index in [2.05, 4.69) is 10.6 Å². The van der Waals surface area contributed by atoms with Crippen molar-refractivity contribution in [2.45, 2.75) is 12.8 Å². The summed E-state index contributed by atoms with van der Waals surface area (Å²) < 4.78 is 5.25. The van der Waals surface area contributed by atoms with Gasteiger partial charge in [0.2, 0.25) is 0 Å². The van der Waals surface area contributed by atoms with Crippen LogP contribution < -0.4 is 10.6 Å². The van der Waals surface area contributed by atoms with Crippen molar-refractivity contribution in [1.29, 1.82) is 0 Å². The Morgan fingerprint density at radius 1 is 1.31 bits per heavy atom. The first-order valence-corrected chi connectivity index (χ1v) is 5.88. The number of hydrogen-bond acceptors (Lipinski definition) is 3. The maximum atomic E-state index is 11.8. The number of nitrogens with one attached hydrogen (secondary N) is 2. The van der Waals surface area contributed by atoms with Gasteiger partial charge in [-0.2, -0.15) is 0 Å². The van der Waals surface area contributed by atoms with Crippen LogP contribution in [0.15, 0.2) is 11.8 Å². The van der Waals surface area contributed by atoms with Gasteiger partial charge < -0.3 is 20.3 Å². The number of hydrogen-bond donors (Lipinski definition) is 2. The van der Waals surface area contributed by atoms with Crippen LogP contribution in [-0.4, -0.2) is 50.3 Å². The smallest absolute Gasteiger partial charge is 0.321 e. The number of amides is 2. The molecule has 2 fully saturated rings. The van der Waals surface area contributed by atoms with Gasteiger partial charge in [0.25, 0.3) is 0 Å². The number of rotatable bonds is 1. The number of ether oxygens (including phenoxy) is 1. The Labute approximate surface area is 95.8 Å². The fourth-order valence-electron chi connectivity index (χ4n) is 1.90. The standard InChI is InChI=1S/C11H19N3O2/c15-11(14-5-3-12-4-6-14)13-9-10-1-7-16-8-2-10/h9,12H,1-8H2,(H,13,15). The Morgan fingerprint density at radius 3 is 2.69 bits per heavy atom. The van der Waals surface area contributed by atoms with E-state index in [0.29, 0.717) is 0 Å². The summed E-state index contributed by atoms with van der Waals surface area (Å²) in [5, 5.41) is 6.09. The predicted molar refractivity (Wildman–Crippen MR) is 61.1 cm³/mol. The van der Waals surface area contributed by atoms with Crippen LogP contribution in [-0.2, 0) is 4.74 Å². The summed E-state index contributed by atoms with van der Waals surface area (Å²) in [6.07, 6.45) is 3.72. The van der Waals surface area contributed by atoms with Gasteiger partial charge in [-0.25, -0.2) is 4.79 Å². The molecule has 2 aliphatic heterocycles. The number of urea groups is 1. The minimum atomic E-state index is 0.0143. The molecule has 2 saturated heterocycles. The van der Waals surface area contributed by atoms with Crippen molar-refractivity contribution in [1.82, 2.24) is 15.5 Å². The molecule has 0 saturated carbocycles. The highest BCUT2D eigenvalue weighted by Crippen LogP contribution is 2.11. The third-order valence-corrected chi connectivity index (χ3v) is 2.94. The van der Waals surface area contributed by atoms with Gasteiger partial charge in [-0.05, 0) is 18.4 Å². The lowest BCUT2D eigenvalue weighted by Crippen LogP contribution is -2.49. The van der Waals surface area contributed by atoms with Crippen LogP contribution in [0.4, 0.5) is 4.79 Å². The number of carbonyl (C=O) groups excluding carboxylic acids is 1. The maximum Gasteiger partial charge on any atom is 0.321 e. The third kappa shape index (κ3) is 3.21. The molecule has 0 atom stereocenters. The van der Waals surface area contributed by atoms with Gasteiger partial charge in [0.15, 0.2) is 0 Å². The van der Waals surface area contributed by atoms with Crippen molar-refractivity contribution in [3.05, 3.63) is 11.8 Å². The molecule has 0 aromatic carbocycles. The lowest BCUT2D eigenvalue weighted by molar-refractivity contribution is 0.118. The Morgan fingerprint density at radius 2 is 2.00 bits per heavy atom. The van der Waals surface area contributed by atoms with Crippen LogP contribution in [0.5, 0.6) is 0 Å². The fraction of sp³-hybridized carbons (Fsp3) is 0.727. The normalized spacial score (nSPS) is 21.8. The van der Waals surface area contributed by atoms with Gasteiger partial charge >= 0.3 is 6.03 Å². The second kappa shape index (κ2) is 5.86. The molecule has 0 aliphatic carbocycles. The van der Waals surface area contributed by atoms with Crippen molar-refractivity contribution in [3.63, 3.8) is 0 Å². The van der Waals surface area contributed by atoms with E-state index in [-0.39, 0.29) is 6.03 Å². The van der Waals surface area contributed by atoms with E-state index in [1.54, 1.807) is 0 Å². The molecule has 16 heavy (non-hydrogen) atoms. The second-order valence-corrected chi connectivity index (χ2v) is 4.10. The van der Waals surface area contributed by atoms with Gasteiger partial charge in [-0.3, -0.25) is 0 Å². The molecule has 2 aliphatic rings. The topological polar surface area (TPSA) is 53.6 Å². The summed E-state index contributed by atoms with van der Waals surface area (Å²) in [6, 6.07) is 0.0143. The van der Waals surface area contributed by atoms with Crippen LogP contribution >= 0.6 is 0 Å². The summed E-state index contributed by atoms with van der Waals surface area (Å²) in [7, 11) is 0. The molecule has 0 spiro atoms. The van der Waals surface area contributed by atoms with Gasteiger partial charge in [-0.1, -0.05) is 0 Å². The lowest BCUT2D eigenvalue weighted by atomic mass is 10.1. The van der Waals surface area contributed by atoms with E-state index in [1.165, 1.54) is 5.57 Å². The quantitative estimate of drug-likeness (QED) is 0.674. The Kier molecular flexibility index (Phi) is 4.18. The first kappa shape index (κ1) is 11.4. The van der Waals surface area contributed by atoms with Crippen LogP contribution in [0.1, 0.15) is 12.8 Å². The average molecular weight is 225 g/mol. The predicted octanol–water partition coefficient (Wildman–Crippen LogP) is 0.295. The van der Waals surface area contributed by atoms with E-state index in [9.17, 15) is 4.79 Å². The highest BCUT2D eigenvalue weighted by Gasteiger charge is 2.15. The SMILES string of the molecule is O=C(NC=C1CCOCC1)N1CCNCC1. The Balaban J connectivity index is 1.77. The van der Waals surface area contributed by atoms with Gasteiger partial charge in [-0.15, -0.1) is 0 Å². The molecule has 0 unspecified atom stereocenters. The molecular weight excluding hydrogens is 206 g/mol. The molecular formula is C11H19N3O2. The molecule has 0 radical (unpaired) electrons. The summed E-state index contributed by atoms with van der Waals surface area (Å²) in [5.41, 5.74) is 1.27.